The summed E-state index contributed by atoms with van der Waals surface area (Å²) in [4.78, 5) is 10.5. The second-order valence-electron chi connectivity index (χ2n) is 3.71. The topological polar surface area (TPSA) is 63.3 Å². The monoisotopic (exact) mass is 207 g/mol. The highest BCUT2D eigenvalue weighted by atomic mass is 16.4. The molecule has 0 bridgehead atoms. The summed E-state index contributed by atoms with van der Waals surface area (Å²) in [6, 6.07) is 5.54. The molecule has 0 heterocycles. The maximum absolute atomic E-state index is 10.5. The Morgan fingerprint density at radius 3 is 2.73 bits per heavy atom. The van der Waals surface area contributed by atoms with Crippen LogP contribution in [0.25, 0.3) is 0 Å². The van der Waals surface area contributed by atoms with Gasteiger partial charge in [0.25, 0.3) is 0 Å². The summed E-state index contributed by atoms with van der Waals surface area (Å²) in [6.45, 7) is 2.13. The van der Waals surface area contributed by atoms with Gasteiger partial charge in [-0.25, -0.2) is 0 Å². The minimum Gasteiger partial charge on any atom is -0.481 e. The molecule has 0 saturated heterocycles. The minimum absolute atomic E-state index is 0.0399. The van der Waals surface area contributed by atoms with Crippen LogP contribution in [0.1, 0.15) is 30.9 Å². The molecule has 15 heavy (non-hydrogen) atoms. The summed E-state index contributed by atoms with van der Waals surface area (Å²) < 4.78 is 0. The van der Waals surface area contributed by atoms with Gasteiger partial charge in [-0.05, 0) is 30.0 Å². The first-order valence-corrected chi connectivity index (χ1v) is 5.22. The van der Waals surface area contributed by atoms with Crippen LogP contribution in [-0.4, -0.2) is 11.1 Å². The molecule has 0 aliphatic rings. The van der Waals surface area contributed by atoms with Crippen LogP contribution in [0.3, 0.4) is 0 Å². The third kappa shape index (κ3) is 3.62. The van der Waals surface area contributed by atoms with Crippen molar-refractivity contribution in [2.24, 2.45) is 0 Å². The van der Waals surface area contributed by atoms with E-state index in [9.17, 15) is 4.79 Å². The largest absolute Gasteiger partial charge is 0.481 e. The van der Waals surface area contributed by atoms with Crippen LogP contribution in [0.2, 0.25) is 0 Å². The van der Waals surface area contributed by atoms with Gasteiger partial charge in [0.1, 0.15) is 0 Å². The number of hydrogen-bond acceptors (Lipinski definition) is 2. The van der Waals surface area contributed by atoms with Gasteiger partial charge in [0.15, 0.2) is 0 Å². The number of rotatable bonds is 5. The summed E-state index contributed by atoms with van der Waals surface area (Å²) in [5.74, 6) is -0.823. The van der Waals surface area contributed by atoms with Crippen molar-refractivity contribution in [1.29, 1.82) is 0 Å². The quantitative estimate of drug-likeness (QED) is 0.728. The normalized spacial score (nSPS) is 10.2. The molecule has 1 aromatic carbocycles. The molecule has 0 fully saturated rings. The summed E-state index contributed by atoms with van der Waals surface area (Å²) in [6.07, 6.45) is 3.26. The Morgan fingerprint density at radius 2 is 2.20 bits per heavy atom. The van der Waals surface area contributed by atoms with Crippen molar-refractivity contribution in [1.82, 2.24) is 0 Å². The van der Waals surface area contributed by atoms with Crippen LogP contribution in [0.4, 0.5) is 5.69 Å². The molecule has 0 saturated carbocycles. The van der Waals surface area contributed by atoms with Crippen LogP contribution in [0.15, 0.2) is 18.2 Å². The zero-order valence-corrected chi connectivity index (χ0v) is 8.99. The average molecular weight is 207 g/mol. The van der Waals surface area contributed by atoms with Gasteiger partial charge in [0.2, 0.25) is 0 Å². The van der Waals surface area contributed by atoms with E-state index in [1.54, 1.807) is 6.07 Å². The molecule has 3 heteroatoms. The number of carboxylic acids is 1. The van der Waals surface area contributed by atoms with Crippen molar-refractivity contribution in [3.63, 3.8) is 0 Å². The predicted molar refractivity (Wildman–Crippen MR) is 60.8 cm³/mol. The summed E-state index contributed by atoms with van der Waals surface area (Å²) >= 11 is 0. The Morgan fingerprint density at radius 1 is 1.47 bits per heavy atom. The summed E-state index contributed by atoms with van der Waals surface area (Å²) in [5, 5.41) is 8.63. The molecule has 0 aliphatic carbocycles. The van der Waals surface area contributed by atoms with Crippen LogP contribution >= 0.6 is 0 Å². The number of aliphatic carboxylic acids is 1. The first-order chi connectivity index (χ1) is 7.13. The van der Waals surface area contributed by atoms with Gasteiger partial charge < -0.3 is 10.8 Å². The minimum atomic E-state index is -0.823. The van der Waals surface area contributed by atoms with Gasteiger partial charge in [-0.1, -0.05) is 25.5 Å². The highest BCUT2D eigenvalue weighted by molar-refractivity contribution is 5.71. The molecule has 0 atom stereocenters. The molecule has 0 unspecified atom stereocenters. The molecule has 1 aromatic rings. The van der Waals surface area contributed by atoms with E-state index in [1.807, 2.05) is 12.1 Å². The van der Waals surface area contributed by atoms with Crippen molar-refractivity contribution in [3.05, 3.63) is 29.3 Å². The summed E-state index contributed by atoms with van der Waals surface area (Å²) in [5.41, 5.74) is 8.44. The molecule has 0 aromatic heterocycles. The number of benzene rings is 1. The number of nitrogen functional groups attached to an aromatic ring is 1. The third-order valence-corrected chi connectivity index (χ3v) is 2.37. The average Bonchev–Trinajstić information content (AvgIpc) is 2.15. The Hall–Kier alpha value is -1.51. The van der Waals surface area contributed by atoms with Crippen molar-refractivity contribution >= 4 is 11.7 Å². The fourth-order valence-corrected chi connectivity index (χ4v) is 1.52. The number of carbonyl (C=O) groups is 1. The molecular weight excluding hydrogens is 190 g/mol. The Balaban J connectivity index is 2.74. The molecule has 0 spiro atoms. The lowest BCUT2D eigenvalue weighted by Gasteiger charge is -2.06. The zero-order valence-electron chi connectivity index (χ0n) is 8.99. The van der Waals surface area contributed by atoms with Crippen molar-refractivity contribution in [2.75, 3.05) is 5.73 Å². The SMILES string of the molecule is CCCCc1ccc(CC(=O)O)cc1N. The van der Waals surface area contributed by atoms with Crippen LogP contribution in [0, 0.1) is 0 Å². The van der Waals surface area contributed by atoms with E-state index < -0.39 is 5.97 Å². The van der Waals surface area contributed by atoms with Gasteiger partial charge in [-0.3, -0.25) is 4.79 Å². The van der Waals surface area contributed by atoms with Crippen LogP contribution < -0.4 is 5.73 Å². The number of hydrogen-bond donors (Lipinski definition) is 2. The highest BCUT2D eigenvalue weighted by Gasteiger charge is 2.03. The predicted octanol–water partition coefficient (Wildman–Crippen LogP) is 2.24. The fourth-order valence-electron chi connectivity index (χ4n) is 1.52. The molecule has 0 amide bonds. The van der Waals surface area contributed by atoms with E-state index in [2.05, 4.69) is 6.92 Å². The second kappa shape index (κ2) is 5.39. The van der Waals surface area contributed by atoms with E-state index in [0.717, 1.165) is 30.4 Å². The fraction of sp³-hybridized carbons (Fsp3) is 0.417. The second-order valence-corrected chi connectivity index (χ2v) is 3.71. The Bertz CT molecular complexity index is 347. The van der Waals surface area contributed by atoms with E-state index in [1.165, 1.54) is 0 Å². The molecular formula is C12H17NO2. The van der Waals surface area contributed by atoms with Gasteiger partial charge in [-0.15, -0.1) is 0 Å². The van der Waals surface area contributed by atoms with Crippen LogP contribution in [0.5, 0.6) is 0 Å². The summed E-state index contributed by atoms with van der Waals surface area (Å²) in [7, 11) is 0. The molecule has 0 aliphatic heterocycles. The maximum atomic E-state index is 10.5. The lowest BCUT2D eigenvalue weighted by atomic mass is 10.0. The standard InChI is InChI=1S/C12H17NO2/c1-2-3-4-10-6-5-9(7-11(10)13)8-12(14)15/h5-7H,2-4,8,13H2,1H3,(H,14,15). The number of nitrogens with two attached hydrogens (primary N) is 1. The van der Waals surface area contributed by atoms with E-state index in [-0.39, 0.29) is 6.42 Å². The molecule has 3 N–H and O–H groups in total. The van der Waals surface area contributed by atoms with Crippen molar-refractivity contribution in [2.45, 2.75) is 32.6 Å². The third-order valence-electron chi connectivity index (χ3n) is 2.37. The maximum Gasteiger partial charge on any atom is 0.307 e. The van der Waals surface area contributed by atoms with Gasteiger partial charge in [0.05, 0.1) is 6.42 Å². The van der Waals surface area contributed by atoms with Gasteiger partial charge in [0, 0.05) is 5.69 Å². The zero-order chi connectivity index (χ0) is 11.3. The van der Waals surface area contributed by atoms with Gasteiger partial charge in [-0.2, -0.15) is 0 Å². The first kappa shape index (κ1) is 11.6. The Kier molecular flexibility index (Phi) is 4.16. The number of carboxylic acid groups (broad SMARTS) is 1. The van der Waals surface area contributed by atoms with Crippen molar-refractivity contribution < 1.29 is 9.90 Å². The molecule has 82 valence electrons. The Labute approximate surface area is 89.9 Å². The molecule has 0 radical (unpaired) electrons. The number of anilines is 1. The molecule has 3 nitrogen and oxygen atoms in total. The van der Waals surface area contributed by atoms with Crippen molar-refractivity contribution in [3.8, 4) is 0 Å². The number of unbranched alkanes of at least 4 members (excludes halogenated alkanes) is 1. The number of aryl methyl sites for hydroxylation is 1. The smallest absolute Gasteiger partial charge is 0.307 e. The van der Waals surface area contributed by atoms with E-state index in [4.69, 9.17) is 10.8 Å². The van der Waals surface area contributed by atoms with Crippen LogP contribution in [-0.2, 0) is 17.6 Å². The highest BCUT2D eigenvalue weighted by Crippen LogP contribution is 2.17. The van der Waals surface area contributed by atoms with E-state index in [0.29, 0.717) is 5.69 Å². The first-order valence-electron chi connectivity index (χ1n) is 5.22. The lowest BCUT2D eigenvalue weighted by Crippen LogP contribution is -2.02. The lowest BCUT2D eigenvalue weighted by molar-refractivity contribution is -0.136. The molecule has 1 rings (SSSR count). The van der Waals surface area contributed by atoms with Gasteiger partial charge >= 0.3 is 5.97 Å². The van der Waals surface area contributed by atoms with E-state index >= 15 is 0 Å².